The van der Waals surface area contributed by atoms with E-state index in [9.17, 15) is 0 Å². The molecule has 0 bridgehead atoms. The Morgan fingerprint density at radius 3 is 1.30 bits per heavy atom. The highest BCUT2D eigenvalue weighted by molar-refractivity contribution is 6.74. The van der Waals surface area contributed by atoms with Crippen molar-refractivity contribution >= 4 is 8.32 Å². The Morgan fingerprint density at radius 2 is 0.950 bits per heavy atom. The van der Waals surface area contributed by atoms with E-state index in [1.54, 1.807) is 0 Å². The van der Waals surface area contributed by atoms with Gasteiger partial charge in [0.15, 0.2) is 8.32 Å². The quantitative estimate of drug-likeness (QED) is 0.0749. The van der Waals surface area contributed by atoms with Crippen LogP contribution in [0.3, 0.4) is 0 Å². The maximum absolute atomic E-state index is 6.71. The van der Waals surface area contributed by atoms with Gasteiger partial charge in [-0.05, 0) is 31.0 Å². The summed E-state index contributed by atoms with van der Waals surface area (Å²) in [4.78, 5) is 2.68. The minimum atomic E-state index is -1.68. The van der Waals surface area contributed by atoms with Gasteiger partial charge in [-0.3, -0.25) is 4.90 Å². The lowest BCUT2D eigenvalue weighted by molar-refractivity contribution is -0.0937. The zero-order chi connectivity index (χ0) is 29.5. The van der Waals surface area contributed by atoms with Crippen molar-refractivity contribution in [1.82, 2.24) is 4.90 Å². The van der Waals surface area contributed by atoms with E-state index >= 15 is 0 Å². The van der Waals surface area contributed by atoms with Crippen LogP contribution in [-0.2, 0) is 9.16 Å². The van der Waals surface area contributed by atoms with Crippen molar-refractivity contribution in [3.05, 3.63) is 0 Å². The molecular weight excluding hydrogens is 506 g/mol. The fourth-order valence-corrected chi connectivity index (χ4v) is 6.91. The molecule has 2 unspecified atom stereocenters. The van der Waals surface area contributed by atoms with Gasteiger partial charge in [0.25, 0.3) is 0 Å². The summed E-state index contributed by atoms with van der Waals surface area (Å²) >= 11 is 0. The molecule has 0 aromatic heterocycles. The van der Waals surface area contributed by atoms with E-state index in [4.69, 9.17) is 9.16 Å². The maximum Gasteiger partial charge on any atom is 0.192 e. The summed E-state index contributed by atoms with van der Waals surface area (Å²) in [6.45, 7) is 20.6. The van der Waals surface area contributed by atoms with Gasteiger partial charge in [-0.1, -0.05) is 163 Å². The average Bonchev–Trinajstić information content (AvgIpc) is 2.90. The van der Waals surface area contributed by atoms with Gasteiger partial charge in [0, 0.05) is 26.2 Å². The van der Waals surface area contributed by atoms with E-state index in [1.165, 1.54) is 141 Å². The fraction of sp³-hybridized carbons (Fsp3) is 1.00. The Balaban J connectivity index is 2.35. The monoisotopic (exact) mass is 582 g/mol. The van der Waals surface area contributed by atoms with Crippen LogP contribution in [0.15, 0.2) is 0 Å². The lowest BCUT2D eigenvalue weighted by Crippen LogP contribution is -2.49. The van der Waals surface area contributed by atoms with Crippen molar-refractivity contribution in [1.29, 1.82) is 0 Å². The molecule has 0 aromatic rings. The molecule has 0 aliphatic carbocycles. The maximum atomic E-state index is 6.71. The molecule has 0 saturated carbocycles. The normalized spacial score (nSPS) is 19.0. The highest BCUT2D eigenvalue weighted by Gasteiger charge is 2.37. The van der Waals surface area contributed by atoms with E-state index in [1.807, 2.05) is 0 Å². The van der Waals surface area contributed by atoms with E-state index in [-0.39, 0.29) is 5.04 Å². The summed E-state index contributed by atoms with van der Waals surface area (Å²) in [5.74, 6) is 0. The third-order valence-electron chi connectivity index (χ3n) is 9.74. The first kappa shape index (κ1) is 38.1. The summed E-state index contributed by atoms with van der Waals surface area (Å²) in [7, 11) is -1.68. The predicted octanol–water partition coefficient (Wildman–Crippen LogP) is 11.7. The number of unbranched alkanes of at least 4 members (excludes halogenated alkanes) is 18. The van der Waals surface area contributed by atoms with Gasteiger partial charge in [-0.2, -0.15) is 0 Å². The number of ether oxygens (including phenoxy) is 1. The van der Waals surface area contributed by atoms with Crippen LogP contribution >= 0.6 is 0 Å². The van der Waals surface area contributed by atoms with Gasteiger partial charge < -0.3 is 9.16 Å². The first-order valence-electron chi connectivity index (χ1n) is 18.2. The molecule has 0 spiro atoms. The minimum Gasteiger partial charge on any atom is -0.416 e. The van der Waals surface area contributed by atoms with Gasteiger partial charge in [-0.25, -0.2) is 0 Å². The van der Waals surface area contributed by atoms with E-state index in [0.717, 1.165) is 26.2 Å². The van der Waals surface area contributed by atoms with Crippen molar-refractivity contribution in [2.75, 3.05) is 26.2 Å². The summed E-state index contributed by atoms with van der Waals surface area (Å²) in [6.07, 6.45) is 31.5. The molecular formula is C36H75NO2Si. The number of hydrogen-bond acceptors (Lipinski definition) is 3. The molecule has 0 radical (unpaired) electrons. The van der Waals surface area contributed by atoms with Crippen LogP contribution in [0.4, 0.5) is 0 Å². The van der Waals surface area contributed by atoms with Gasteiger partial charge in [0.2, 0.25) is 0 Å². The predicted molar refractivity (Wildman–Crippen MR) is 181 cm³/mol. The average molecular weight is 582 g/mol. The van der Waals surface area contributed by atoms with Crippen molar-refractivity contribution in [2.45, 2.75) is 206 Å². The standard InChI is InChI=1S/C36H75NO2Si/c1-8-10-12-14-16-18-20-22-24-26-28-34-32-37(30-31-38-40(6,7)36(3,4)5)33-35(39-34)29-27-25-23-21-19-17-15-13-11-9-2/h34-35H,8-33H2,1-7H3. The smallest absolute Gasteiger partial charge is 0.192 e. The van der Waals surface area contributed by atoms with Crippen LogP contribution in [0.2, 0.25) is 18.1 Å². The molecule has 0 N–H and O–H groups in total. The van der Waals surface area contributed by atoms with Crippen molar-refractivity contribution < 1.29 is 9.16 Å². The number of morpholine rings is 1. The second-order valence-corrected chi connectivity index (χ2v) is 19.5. The van der Waals surface area contributed by atoms with Crippen molar-refractivity contribution in [3.8, 4) is 0 Å². The molecule has 1 aliphatic rings. The Labute approximate surface area is 254 Å². The Hall–Kier alpha value is 0.0969. The molecule has 1 rings (SSSR count). The Morgan fingerprint density at radius 1 is 0.600 bits per heavy atom. The highest BCUT2D eigenvalue weighted by atomic mass is 28.4. The second kappa shape index (κ2) is 23.5. The van der Waals surface area contributed by atoms with Gasteiger partial charge in [-0.15, -0.1) is 0 Å². The van der Waals surface area contributed by atoms with Gasteiger partial charge >= 0.3 is 0 Å². The summed E-state index contributed by atoms with van der Waals surface area (Å²) < 4.78 is 13.3. The molecule has 1 heterocycles. The first-order valence-corrected chi connectivity index (χ1v) is 21.1. The second-order valence-electron chi connectivity index (χ2n) is 14.7. The zero-order valence-electron chi connectivity index (χ0n) is 28.8. The molecule has 240 valence electrons. The Kier molecular flexibility index (Phi) is 22.4. The number of nitrogens with zero attached hydrogens (tertiary/aromatic N) is 1. The van der Waals surface area contributed by atoms with Gasteiger partial charge in [0.05, 0.1) is 12.2 Å². The molecule has 0 aromatic carbocycles. The Bertz CT molecular complexity index is 529. The summed E-state index contributed by atoms with van der Waals surface area (Å²) in [5, 5.41) is 0.286. The topological polar surface area (TPSA) is 21.7 Å². The molecule has 3 nitrogen and oxygen atoms in total. The molecule has 1 saturated heterocycles. The van der Waals surface area contributed by atoms with E-state index in [0.29, 0.717) is 12.2 Å². The van der Waals surface area contributed by atoms with Gasteiger partial charge in [0.1, 0.15) is 0 Å². The molecule has 0 amide bonds. The summed E-state index contributed by atoms with van der Waals surface area (Å²) in [5.41, 5.74) is 0. The fourth-order valence-electron chi connectivity index (χ4n) is 5.88. The van der Waals surface area contributed by atoms with Crippen LogP contribution in [0.25, 0.3) is 0 Å². The SMILES string of the molecule is CCCCCCCCCCCCC1CN(CCO[Si](C)(C)C(C)(C)C)CC(CCCCCCCCCCCC)O1. The van der Waals surface area contributed by atoms with Crippen molar-refractivity contribution in [2.24, 2.45) is 0 Å². The van der Waals surface area contributed by atoms with Crippen molar-refractivity contribution in [3.63, 3.8) is 0 Å². The number of rotatable bonds is 26. The third kappa shape index (κ3) is 19.3. The first-order chi connectivity index (χ1) is 19.2. The van der Waals surface area contributed by atoms with Crippen LogP contribution in [0, 0.1) is 0 Å². The summed E-state index contributed by atoms with van der Waals surface area (Å²) in [6, 6.07) is 0. The highest BCUT2D eigenvalue weighted by Crippen LogP contribution is 2.36. The molecule has 4 heteroatoms. The zero-order valence-corrected chi connectivity index (χ0v) is 29.8. The minimum absolute atomic E-state index is 0.286. The van der Waals surface area contributed by atoms with E-state index in [2.05, 4.69) is 52.6 Å². The number of hydrogen-bond donors (Lipinski definition) is 0. The van der Waals surface area contributed by atoms with E-state index < -0.39 is 8.32 Å². The third-order valence-corrected chi connectivity index (χ3v) is 14.3. The lowest BCUT2D eigenvalue weighted by Gasteiger charge is -2.40. The van der Waals surface area contributed by atoms with Crippen LogP contribution in [0.5, 0.6) is 0 Å². The largest absolute Gasteiger partial charge is 0.416 e. The van der Waals surface area contributed by atoms with Crippen LogP contribution < -0.4 is 0 Å². The lowest BCUT2D eigenvalue weighted by atomic mass is 10.0. The van der Waals surface area contributed by atoms with Crippen LogP contribution in [0.1, 0.15) is 176 Å². The molecule has 2 atom stereocenters. The van der Waals surface area contributed by atoms with Crippen LogP contribution in [-0.4, -0.2) is 51.7 Å². The molecule has 1 aliphatic heterocycles. The molecule has 1 fully saturated rings. The molecule has 40 heavy (non-hydrogen) atoms.